The Kier molecular flexibility index (Phi) is 5.48. The quantitative estimate of drug-likeness (QED) is 0.733. The van der Waals surface area contributed by atoms with Crippen molar-refractivity contribution >= 4 is 21.7 Å². The van der Waals surface area contributed by atoms with Crippen LogP contribution in [0.1, 0.15) is 44.0 Å². The smallest absolute Gasteiger partial charge is 0.310 e. The van der Waals surface area contributed by atoms with Crippen molar-refractivity contribution in [1.82, 2.24) is 4.98 Å². The largest absolute Gasteiger partial charge is 0.460 e. The zero-order valence-electron chi connectivity index (χ0n) is 16.7. The standard InChI is InChI=1S/C21H26N2O4S/c1-15-7-5-8-17(11-15)28(25,26)23-10-6-9-18-19(23)12-16(14-22-18)13-20(24)27-21(2,3)4/h5,7-8,11-12,14H,6,9-10,13H2,1-4H3. The molecule has 0 atom stereocenters. The SMILES string of the molecule is Cc1cccc(S(=O)(=O)N2CCCc3ncc(CC(=O)OC(C)(C)C)cc32)c1. The third-order valence-corrected chi connectivity index (χ3v) is 6.20. The molecule has 1 aromatic heterocycles. The summed E-state index contributed by atoms with van der Waals surface area (Å²) in [5.74, 6) is -0.363. The van der Waals surface area contributed by atoms with Gasteiger partial charge in [0.05, 0.1) is 22.7 Å². The second-order valence-corrected chi connectivity index (χ2v) is 9.93. The van der Waals surface area contributed by atoms with Crippen LogP contribution in [0.3, 0.4) is 0 Å². The Hall–Kier alpha value is -2.41. The Labute approximate surface area is 166 Å². The van der Waals surface area contributed by atoms with Gasteiger partial charge in [0, 0.05) is 12.7 Å². The molecular weight excluding hydrogens is 376 g/mol. The average molecular weight is 403 g/mol. The molecular formula is C21H26N2O4S. The Morgan fingerprint density at radius 2 is 2.00 bits per heavy atom. The van der Waals surface area contributed by atoms with Crippen molar-refractivity contribution in [2.45, 2.75) is 57.5 Å². The van der Waals surface area contributed by atoms with E-state index in [-0.39, 0.29) is 17.3 Å². The highest BCUT2D eigenvalue weighted by Crippen LogP contribution is 2.32. The molecule has 1 aromatic carbocycles. The topological polar surface area (TPSA) is 76.6 Å². The number of aromatic nitrogens is 1. The summed E-state index contributed by atoms with van der Waals surface area (Å²) in [7, 11) is -3.69. The molecule has 0 saturated heterocycles. The maximum atomic E-state index is 13.2. The van der Waals surface area contributed by atoms with E-state index in [0.29, 0.717) is 30.6 Å². The Morgan fingerprint density at radius 1 is 1.25 bits per heavy atom. The molecule has 28 heavy (non-hydrogen) atoms. The molecule has 0 spiro atoms. The van der Waals surface area contributed by atoms with Gasteiger partial charge in [-0.15, -0.1) is 0 Å². The highest BCUT2D eigenvalue weighted by molar-refractivity contribution is 7.92. The van der Waals surface area contributed by atoms with Gasteiger partial charge in [-0.25, -0.2) is 8.42 Å². The van der Waals surface area contributed by atoms with Crippen LogP contribution in [0.2, 0.25) is 0 Å². The van der Waals surface area contributed by atoms with Crippen LogP contribution in [0.25, 0.3) is 0 Å². The number of carbonyl (C=O) groups excluding carboxylic acids is 1. The minimum atomic E-state index is -3.69. The first-order valence-electron chi connectivity index (χ1n) is 9.35. The van der Waals surface area contributed by atoms with Crippen LogP contribution >= 0.6 is 0 Å². The number of pyridine rings is 1. The predicted molar refractivity (Wildman–Crippen MR) is 108 cm³/mol. The highest BCUT2D eigenvalue weighted by Gasteiger charge is 2.30. The fraction of sp³-hybridized carbons (Fsp3) is 0.429. The summed E-state index contributed by atoms with van der Waals surface area (Å²) in [6, 6.07) is 8.63. The first-order chi connectivity index (χ1) is 13.1. The van der Waals surface area contributed by atoms with Gasteiger partial charge >= 0.3 is 5.97 Å². The summed E-state index contributed by atoms with van der Waals surface area (Å²) in [6.07, 6.45) is 3.10. The van der Waals surface area contributed by atoms with E-state index in [1.165, 1.54) is 4.31 Å². The minimum absolute atomic E-state index is 0.0515. The first kappa shape index (κ1) is 20.3. The third-order valence-electron chi connectivity index (χ3n) is 4.39. The van der Waals surface area contributed by atoms with Crippen molar-refractivity contribution in [2.24, 2.45) is 0 Å². The van der Waals surface area contributed by atoms with E-state index in [9.17, 15) is 13.2 Å². The number of anilines is 1. The van der Waals surface area contributed by atoms with E-state index in [2.05, 4.69) is 4.98 Å². The van der Waals surface area contributed by atoms with Crippen molar-refractivity contribution in [1.29, 1.82) is 0 Å². The molecule has 1 aliphatic heterocycles. The van der Waals surface area contributed by atoms with Gasteiger partial charge in [-0.2, -0.15) is 0 Å². The average Bonchev–Trinajstić information content (AvgIpc) is 2.59. The van der Waals surface area contributed by atoms with Crippen LogP contribution in [-0.2, 0) is 32.4 Å². The van der Waals surface area contributed by atoms with Crippen molar-refractivity contribution in [3.8, 4) is 0 Å². The Morgan fingerprint density at radius 3 is 2.68 bits per heavy atom. The number of hydrogen-bond donors (Lipinski definition) is 0. The third kappa shape index (κ3) is 4.52. The van der Waals surface area contributed by atoms with E-state index >= 15 is 0 Å². The van der Waals surface area contributed by atoms with Crippen molar-refractivity contribution in [2.75, 3.05) is 10.8 Å². The zero-order valence-corrected chi connectivity index (χ0v) is 17.5. The maximum absolute atomic E-state index is 13.2. The minimum Gasteiger partial charge on any atom is -0.460 e. The number of sulfonamides is 1. The highest BCUT2D eigenvalue weighted by atomic mass is 32.2. The molecule has 0 N–H and O–H groups in total. The van der Waals surface area contributed by atoms with Crippen LogP contribution in [-0.4, -0.2) is 31.5 Å². The van der Waals surface area contributed by atoms with Gasteiger partial charge in [0.25, 0.3) is 10.0 Å². The van der Waals surface area contributed by atoms with E-state index in [1.54, 1.807) is 30.5 Å². The molecule has 0 unspecified atom stereocenters. The molecule has 0 aliphatic carbocycles. The summed E-state index contributed by atoms with van der Waals surface area (Å²) in [6.45, 7) is 7.69. The number of aryl methyl sites for hydroxylation is 2. The number of ether oxygens (including phenoxy) is 1. The molecule has 0 fully saturated rings. The molecule has 1 aliphatic rings. The lowest BCUT2D eigenvalue weighted by Crippen LogP contribution is -2.36. The summed E-state index contributed by atoms with van der Waals surface area (Å²) < 4.78 is 33.2. The molecule has 0 bridgehead atoms. The molecule has 7 heteroatoms. The van der Waals surface area contributed by atoms with E-state index in [0.717, 1.165) is 11.3 Å². The fourth-order valence-electron chi connectivity index (χ4n) is 3.24. The van der Waals surface area contributed by atoms with E-state index in [1.807, 2.05) is 33.8 Å². The number of fused-ring (bicyclic) bond motifs is 1. The van der Waals surface area contributed by atoms with Crippen LogP contribution in [0, 0.1) is 6.92 Å². The zero-order chi connectivity index (χ0) is 20.5. The Bertz CT molecular complexity index is 994. The second kappa shape index (κ2) is 7.54. The lowest BCUT2D eigenvalue weighted by atomic mass is 10.1. The molecule has 0 amide bonds. The van der Waals surface area contributed by atoms with Gasteiger partial charge in [-0.05, 0) is 69.9 Å². The monoisotopic (exact) mass is 402 g/mol. The van der Waals surface area contributed by atoms with Crippen LogP contribution in [0.4, 0.5) is 5.69 Å². The van der Waals surface area contributed by atoms with E-state index < -0.39 is 15.6 Å². The molecule has 3 rings (SSSR count). The predicted octanol–water partition coefficient (Wildman–Crippen LogP) is 3.42. The molecule has 2 aromatic rings. The Balaban J connectivity index is 1.93. The van der Waals surface area contributed by atoms with Crippen LogP contribution in [0.5, 0.6) is 0 Å². The number of esters is 1. The summed E-state index contributed by atoms with van der Waals surface area (Å²) >= 11 is 0. The van der Waals surface area contributed by atoms with Gasteiger partial charge in [-0.3, -0.25) is 14.1 Å². The fourth-order valence-corrected chi connectivity index (χ4v) is 4.86. The summed E-state index contributed by atoms with van der Waals surface area (Å²) in [5, 5.41) is 0. The maximum Gasteiger partial charge on any atom is 0.310 e. The lowest BCUT2D eigenvalue weighted by Gasteiger charge is -2.30. The van der Waals surface area contributed by atoms with Crippen LogP contribution in [0.15, 0.2) is 41.4 Å². The summed E-state index contributed by atoms with van der Waals surface area (Å²) in [4.78, 5) is 16.8. The molecule has 2 heterocycles. The molecule has 6 nitrogen and oxygen atoms in total. The number of benzene rings is 1. The molecule has 150 valence electrons. The lowest BCUT2D eigenvalue weighted by molar-refractivity contribution is -0.153. The molecule has 0 radical (unpaired) electrons. The van der Waals surface area contributed by atoms with Gasteiger partial charge in [0.2, 0.25) is 0 Å². The normalized spacial score (nSPS) is 14.5. The number of hydrogen-bond acceptors (Lipinski definition) is 5. The van der Waals surface area contributed by atoms with Crippen molar-refractivity contribution < 1.29 is 17.9 Å². The van der Waals surface area contributed by atoms with Crippen molar-refractivity contribution in [3.63, 3.8) is 0 Å². The second-order valence-electron chi connectivity index (χ2n) is 8.07. The molecule has 0 saturated carbocycles. The van der Waals surface area contributed by atoms with Crippen LogP contribution < -0.4 is 4.31 Å². The number of rotatable bonds is 4. The number of nitrogens with zero attached hydrogens (tertiary/aromatic N) is 2. The summed E-state index contributed by atoms with van der Waals surface area (Å²) in [5.41, 5.74) is 2.23. The van der Waals surface area contributed by atoms with Gasteiger partial charge < -0.3 is 4.74 Å². The number of carbonyl (C=O) groups is 1. The first-order valence-corrected chi connectivity index (χ1v) is 10.8. The van der Waals surface area contributed by atoms with Crippen molar-refractivity contribution in [3.05, 3.63) is 53.3 Å². The van der Waals surface area contributed by atoms with E-state index in [4.69, 9.17) is 4.74 Å². The van der Waals surface area contributed by atoms with Gasteiger partial charge in [-0.1, -0.05) is 12.1 Å². The van der Waals surface area contributed by atoms with Gasteiger partial charge in [0.15, 0.2) is 0 Å². The van der Waals surface area contributed by atoms with Gasteiger partial charge in [0.1, 0.15) is 5.60 Å².